The van der Waals surface area contributed by atoms with Gasteiger partial charge in [-0.3, -0.25) is 9.59 Å². The van der Waals surface area contributed by atoms with Crippen LogP contribution in [0.3, 0.4) is 0 Å². The van der Waals surface area contributed by atoms with Crippen molar-refractivity contribution in [3.05, 3.63) is 35.1 Å². The molecule has 7 heteroatoms. The van der Waals surface area contributed by atoms with E-state index in [0.29, 0.717) is 6.07 Å². The molecule has 20 heavy (non-hydrogen) atoms. The number of carbonyl (C=O) groups excluding carboxylic acids is 2. The monoisotopic (exact) mass is 289 g/mol. The van der Waals surface area contributed by atoms with Crippen molar-refractivity contribution in [2.75, 3.05) is 20.2 Å². The highest BCUT2D eigenvalue weighted by atomic mass is 19.2. The molecule has 0 radical (unpaired) electrons. The molecule has 0 unspecified atom stereocenters. The van der Waals surface area contributed by atoms with Gasteiger partial charge in [0.05, 0.1) is 18.6 Å². The largest absolute Gasteiger partial charge is 0.466 e. The molecule has 1 amide bonds. The van der Waals surface area contributed by atoms with E-state index in [-0.39, 0.29) is 19.6 Å². The molecule has 0 spiro atoms. The maximum absolute atomic E-state index is 13.4. The van der Waals surface area contributed by atoms with Crippen LogP contribution in [0.1, 0.15) is 23.7 Å². The van der Waals surface area contributed by atoms with Crippen molar-refractivity contribution in [2.45, 2.75) is 13.3 Å². The van der Waals surface area contributed by atoms with E-state index in [1.165, 1.54) is 7.05 Å². The van der Waals surface area contributed by atoms with E-state index in [2.05, 4.69) is 4.74 Å². The molecule has 0 atom stereocenters. The Morgan fingerprint density at radius 1 is 1.20 bits per heavy atom. The zero-order valence-corrected chi connectivity index (χ0v) is 11.1. The van der Waals surface area contributed by atoms with Crippen LogP contribution in [0.15, 0.2) is 12.1 Å². The molecule has 110 valence electrons. The number of hydrogen-bond acceptors (Lipinski definition) is 3. The maximum atomic E-state index is 13.4. The summed E-state index contributed by atoms with van der Waals surface area (Å²) in [6.45, 7) is 1.84. The highest BCUT2D eigenvalue weighted by Gasteiger charge is 2.21. The van der Waals surface area contributed by atoms with E-state index in [9.17, 15) is 22.8 Å². The van der Waals surface area contributed by atoms with Gasteiger partial charge >= 0.3 is 5.97 Å². The van der Waals surface area contributed by atoms with E-state index in [1.54, 1.807) is 6.92 Å². The Balaban J connectivity index is 2.75. The summed E-state index contributed by atoms with van der Waals surface area (Å²) in [6.07, 6.45) is -0.0681. The molecule has 0 aromatic heterocycles. The Morgan fingerprint density at radius 3 is 2.45 bits per heavy atom. The second-order valence-corrected chi connectivity index (χ2v) is 4.00. The predicted molar refractivity (Wildman–Crippen MR) is 64.5 cm³/mol. The van der Waals surface area contributed by atoms with Crippen LogP contribution in [-0.2, 0) is 9.53 Å². The first kappa shape index (κ1) is 16.0. The van der Waals surface area contributed by atoms with Crippen molar-refractivity contribution in [3.63, 3.8) is 0 Å². The predicted octanol–water partition coefficient (Wildman–Crippen LogP) is 2.13. The van der Waals surface area contributed by atoms with Crippen molar-refractivity contribution in [2.24, 2.45) is 0 Å². The Morgan fingerprint density at radius 2 is 1.85 bits per heavy atom. The number of carbonyl (C=O) groups is 2. The van der Waals surface area contributed by atoms with Gasteiger partial charge in [-0.25, -0.2) is 13.2 Å². The van der Waals surface area contributed by atoms with Gasteiger partial charge in [0, 0.05) is 13.6 Å². The average molecular weight is 289 g/mol. The molecule has 1 aromatic rings. The van der Waals surface area contributed by atoms with Crippen molar-refractivity contribution in [1.29, 1.82) is 0 Å². The van der Waals surface area contributed by atoms with E-state index in [1.807, 2.05) is 0 Å². The standard InChI is InChI=1S/C13H14F3NO3/c1-3-20-10(18)6-7-17(2)13(19)8-4-5-9(14)12(16)11(8)15/h4-5H,3,6-7H2,1-2H3. The summed E-state index contributed by atoms with van der Waals surface area (Å²) in [5.41, 5.74) is -0.588. The molecule has 0 saturated carbocycles. The lowest BCUT2D eigenvalue weighted by Gasteiger charge is -2.17. The van der Waals surface area contributed by atoms with Crippen LogP contribution in [0.2, 0.25) is 0 Å². The number of halogens is 3. The Hall–Kier alpha value is -2.05. The van der Waals surface area contributed by atoms with Crippen LogP contribution in [0, 0.1) is 17.5 Å². The number of benzene rings is 1. The summed E-state index contributed by atoms with van der Waals surface area (Å²) in [5.74, 6) is -5.95. The van der Waals surface area contributed by atoms with Crippen LogP contribution in [-0.4, -0.2) is 37.0 Å². The van der Waals surface area contributed by atoms with Gasteiger partial charge in [0.2, 0.25) is 0 Å². The van der Waals surface area contributed by atoms with Gasteiger partial charge in [-0.2, -0.15) is 0 Å². The van der Waals surface area contributed by atoms with Crippen molar-refractivity contribution >= 4 is 11.9 Å². The fraction of sp³-hybridized carbons (Fsp3) is 0.385. The molecular weight excluding hydrogens is 275 g/mol. The normalized spacial score (nSPS) is 10.2. The summed E-state index contributed by atoms with van der Waals surface area (Å²) in [6, 6.07) is 1.53. The van der Waals surface area contributed by atoms with Gasteiger partial charge in [0.25, 0.3) is 5.91 Å². The third-order valence-electron chi connectivity index (χ3n) is 2.57. The molecule has 0 heterocycles. The molecular formula is C13H14F3NO3. The number of rotatable bonds is 5. The number of nitrogens with zero attached hydrogens (tertiary/aromatic N) is 1. The smallest absolute Gasteiger partial charge is 0.307 e. The van der Waals surface area contributed by atoms with Crippen molar-refractivity contribution in [1.82, 2.24) is 4.90 Å². The average Bonchev–Trinajstić information content (AvgIpc) is 2.42. The Bertz CT molecular complexity index is 520. The van der Waals surface area contributed by atoms with Gasteiger partial charge in [0.15, 0.2) is 17.5 Å². The molecule has 0 aliphatic heterocycles. The lowest BCUT2D eigenvalue weighted by atomic mass is 10.1. The summed E-state index contributed by atoms with van der Waals surface area (Å²) < 4.78 is 43.9. The highest BCUT2D eigenvalue weighted by molar-refractivity contribution is 5.94. The molecule has 4 nitrogen and oxygen atoms in total. The highest BCUT2D eigenvalue weighted by Crippen LogP contribution is 2.16. The SMILES string of the molecule is CCOC(=O)CCN(C)C(=O)c1ccc(F)c(F)c1F. The number of esters is 1. The van der Waals surface area contributed by atoms with E-state index >= 15 is 0 Å². The number of amides is 1. The zero-order chi connectivity index (χ0) is 15.3. The van der Waals surface area contributed by atoms with Gasteiger partial charge in [-0.15, -0.1) is 0 Å². The molecule has 1 rings (SSSR count). The molecule has 0 bridgehead atoms. The topological polar surface area (TPSA) is 46.6 Å². The van der Waals surface area contributed by atoms with Gasteiger partial charge in [0.1, 0.15) is 0 Å². The lowest BCUT2D eigenvalue weighted by molar-refractivity contribution is -0.143. The van der Waals surface area contributed by atoms with E-state index in [0.717, 1.165) is 11.0 Å². The first-order valence-electron chi connectivity index (χ1n) is 5.93. The van der Waals surface area contributed by atoms with Crippen molar-refractivity contribution < 1.29 is 27.5 Å². The minimum Gasteiger partial charge on any atom is -0.466 e. The zero-order valence-electron chi connectivity index (χ0n) is 11.1. The maximum Gasteiger partial charge on any atom is 0.307 e. The van der Waals surface area contributed by atoms with E-state index in [4.69, 9.17) is 0 Å². The van der Waals surface area contributed by atoms with Crippen LogP contribution in [0.4, 0.5) is 13.2 Å². The Labute approximate surface area is 114 Å². The fourth-order valence-corrected chi connectivity index (χ4v) is 1.49. The van der Waals surface area contributed by atoms with Gasteiger partial charge in [-0.05, 0) is 19.1 Å². The minimum atomic E-state index is -1.70. The van der Waals surface area contributed by atoms with Crippen LogP contribution < -0.4 is 0 Å². The first-order chi connectivity index (χ1) is 9.38. The quantitative estimate of drug-likeness (QED) is 0.616. The molecule has 1 aromatic carbocycles. The summed E-state index contributed by atoms with van der Waals surface area (Å²) in [5, 5.41) is 0. The fourth-order valence-electron chi connectivity index (χ4n) is 1.49. The molecule has 0 aliphatic rings. The summed E-state index contributed by atoms with van der Waals surface area (Å²) in [7, 11) is 1.32. The first-order valence-corrected chi connectivity index (χ1v) is 5.93. The lowest BCUT2D eigenvalue weighted by Crippen LogP contribution is -2.30. The van der Waals surface area contributed by atoms with Crippen molar-refractivity contribution in [3.8, 4) is 0 Å². The third kappa shape index (κ3) is 3.72. The molecule has 0 N–H and O–H groups in total. The van der Waals surface area contributed by atoms with Crippen LogP contribution in [0.5, 0.6) is 0 Å². The van der Waals surface area contributed by atoms with Gasteiger partial charge in [-0.1, -0.05) is 0 Å². The van der Waals surface area contributed by atoms with Crippen LogP contribution >= 0.6 is 0 Å². The minimum absolute atomic E-state index is 0.0178. The molecule has 0 saturated heterocycles. The second kappa shape index (κ2) is 6.93. The van der Waals surface area contributed by atoms with Gasteiger partial charge < -0.3 is 9.64 Å². The van der Waals surface area contributed by atoms with Crippen LogP contribution in [0.25, 0.3) is 0 Å². The Kier molecular flexibility index (Phi) is 5.54. The third-order valence-corrected chi connectivity index (χ3v) is 2.57. The number of ether oxygens (including phenoxy) is 1. The summed E-state index contributed by atoms with van der Waals surface area (Å²) in [4.78, 5) is 24.0. The number of hydrogen-bond donors (Lipinski definition) is 0. The van der Waals surface area contributed by atoms with E-state index < -0.39 is 34.9 Å². The molecule has 0 fully saturated rings. The second-order valence-electron chi connectivity index (χ2n) is 4.00. The molecule has 0 aliphatic carbocycles. The summed E-state index contributed by atoms with van der Waals surface area (Å²) >= 11 is 0.